The number of ketones is 1. The van der Waals surface area contributed by atoms with Crippen LogP contribution in [-0.4, -0.2) is 24.3 Å². The summed E-state index contributed by atoms with van der Waals surface area (Å²) in [5.41, 5.74) is 0.371. The van der Waals surface area contributed by atoms with Crippen LogP contribution in [-0.2, 0) is 14.3 Å². The highest BCUT2D eigenvalue weighted by Gasteiger charge is 2.15. The minimum Gasteiger partial charge on any atom is -0.456 e. The molecule has 1 aromatic heterocycles. The van der Waals surface area contributed by atoms with Crippen molar-refractivity contribution >= 4 is 34.7 Å². The third kappa shape index (κ3) is 5.45. The number of hydrogen-bond donors (Lipinski definition) is 1. The highest BCUT2D eigenvalue weighted by atomic mass is 32.1. The average Bonchev–Trinajstić information content (AvgIpc) is 2.92. The van der Waals surface area contributed by atoms with Crippen molar-refractivity contribution in [3.05, 3.63) is 51.2 Å². The van der Waals surface area contributed by atoms with Crippen molar-refractivity contribution in [1.29, 1.82) is 0 Å². The fourth-order valence-electron chi connectivity index (χ4n) is 2.25. The van der Waals surface area contributed by atoms with Gasteiger partial charge in [0.25, 0.3) is 5.91 Å². The fraction of sp³-hybridized carbons (Fsp3) is 0.278. The van der Waals surface area contributed by atoms with E-state index in [-0.39, 0.29) is 24.3 Å². The first-order valence-electron chi connectivity index (χ1n) is 7.77. The molecule has 0 fully saturated rings. The minimum absolute atomic E-state index is 0.0238. The molecule has 5 nitrogen and oxygen atoms in total. The summed E-state index contributed by atoms with van der Waals surface area (Å²) in [6.07, 6.45) is -0.185. The Balaban J connectivity index is 1.76. The van der Waals surface area contributed by atoms with Crippen LogP contribution in [0.3, 0.4) is 0 Å². The number of thiophene rings is 1. The molecule has 0 saturated carbocycles. The molecule has 1 heterocycles. The molecule has 0 spiro atoms. The molecule has 1 N–H and O–H groups in total. The van der Waals surface area contributed by atoms with E-state index in [4.69, 9.17) is 4.74 Å². The number of hydrogen-bond acceptors (Lipinski definition) is 5. The van der Waals surface area contributed by atoms with Gasteiger partial charge in [0.1, 0.15) is 11.6 Å². The number of carbonyl (C=O) groups is 3. The molecule has 26 heavy (non-hydrogen) atoms. The van der Waals surface area contributed by atoms with Crippen LogP contribution in [0.25, 0.3) is 0 Å². The number of halogens is 2. The van der Waals surface area contributed by atoms with Gasteiger partial charge in [-0.3, -0.25) is 14.4 Å². The Morgan fingerprint density at radius 3 is 2.46 bits per heavy atom. The Morgan fingerprint density at radius 1 is 1.12 bits per heavy atom. The van der Waals surface area contributed by atoms with Crippen LogP contribution in [0.4, 0.5) is 14.5 Å². The normalized spacial score (nSPS) is 10.5. The second-order valence-electron chi connectivity index (χ2n) is 5.58. The lowest BCUT2D eigenvalue weighted by Gasteiger charge is -2.07. The van der Waals surface area contributed by atoms with Crippen molar-refractivity contribution < 1.29 is 27.9 Å². The lowest BCUT2D eigenvalue weighted by molar-refractivity contribution is -0.147. The molecule has 2 rings (SSSR count). The lowest BCUT2D eigenvalue weighted by atomic mass is 10.1. The summed E-state index contributed by atoms with van der Waals surface area (Å²) < 4.78 is 31.0. The minimum atomic E-state index is -0.934. The summed E-state index contributed by atoms with van der Waals surface area (Å²) in [6, 6.07) is 4.46. The number of aryl methyl sites for hydroxylation is 2. The number of amides is 1. The third-order valence-corrected chi connectivity index (χ3v) is 4.43. The predicted octanol–water partition coefficient (Wildman–Crippen LogP) is 3.79. The van der Waals surface area contributed by atoms with Gasteiger partial charge in [0.05, 0.1) is 12.1 Å². The van der Waals surface area contributed by atoms with Crippen molar-refractivity contribution in [2.45, 2.75) is 26.7 Å². The summed E-state index contributed by atoms with van der Waals surface area (Å²) in [5.74, 6) is -3.34. The maximum atomic E-state index is 13.4. The van der Waals surface area contributed by atoms with Crippen LogP contribution in [0, 0.1) is 25.5 Å². The second kappa shape index (κ2) is 8.66. The number of nitrogens with one attached hydrogen (secondary N) is 1. The topological polar surface area (TPSA) is 72.5 Å². The zero-order chi connectivity index (χ0) is 19.3. The number of esters is 1. The number of benzene rings is 1. The summed E-state index contributed by atoms with van der Waals surface area (Å²) in [5, 5.41) is 2.17. The van der Waals surface area contributed by atoms with Crippen LogP contribution >= 0.6 is 11.3 Å². The van der Waals surface area contributed by atoms with Crippen molar-refractivity contribution in [2.75, 3.05) is 11.9 Å². The number of rotatable bonds is 7. The highest BCUT2D eigenvalue weighted by Crippen LogP contribution is 2.22. The molecule has 0 aliphatic heterocycles. The van der Waals surface area contributed by atoms with E-state index in [2.05, 4.69) is 5.32 Å². The van der Waals surface area contributed by atoms with Gasteiger partial charge < -0.3 is 10.1 Å². The third-order valence-electron chi connectivity index (χ3n) is 3.47. The van der Waals surface area contributed by atoms with E-state index in [1.807, 2.05) is 13.8 Å². The predicted molar refractivity (Wildman–Crippen MR) is 93.3 cm³/mol. The van der Waals surface area contributed by atoms with Crippen LogP contribution in [0.5, 0.6) is 0 Å². The van der Waals surface area contributed by atoms with E-state index in [0.29, 0.717) is 11.6 Å². The van der Waals surface area contributed by atoms with E-state index < -0.39 is 30.1 Å². The Hall–Kier alpha value is -2.61. The molecular formula is C18H17F2NO4S. The molecule has 0 aliphatic carbocycles. The van der Waals surface area contributed by atoms with Gasteiger partial charge in [-0.1, -0.05) is 0 Å². The molecule has 0 bridgehead atoms. The standard InChI is InChI=1S/C18H17F2NO4S/c1-10-7-13(11(2)26-10)16(22)5-6-18(24)25-9-17(23)21-15-4-3-12(19)8-14(15)20/h3-4,7-8H,5-6,9H2,1-2H3,(H,21,23). The van der Waals surface area contributed by atoms with Crippen molar-refractivity contribution in [1.82, 2.24) is 0 Å². The van der Waals surface area contributed by atoms with E-state index in [0.717, 1.165) is 21.9 Å². The van der Waals surface area contributed by atoms with E-state index in [1.165, 1.54) is 11.3 Å². The molecule has 8 heteroatoms. The Morgan fingerprint density at radius 2 is 1.85 bits per heavy atom. The Kier molecular flexibility index (Phi) is 6.57. The molecular weight excluding hydrogens is 364 g/mol. The fourth-order valence-corrected chi connectivity index (χ4v) is 3.20. The molecule has 2 aromatic rings. The largest absolute Gasteiger partial charge is 0.456 e. The molecule has 0 saturated heterocycles. The van der Waals surface area contributed by atoms with Gasteiger partial charge in [0, 0.05) is 27.8 Å². The quantitative estimate of drug-likeness (QED) is 0.585. The van der Waals surface area contributed by atoms with Crippen molar-refractivity contribution in [3.63, 3.8) is 0 Å². The second-order valence-corrected chi connectivity index (χ2v) is 7.04. The summed E-state index contributed by atoms with van der Waals surface area (Å²) in [4.78, 5) is 37.3. The van der Waals surface area contributed by atoms with Gasteiger partial charge in [-0.2, -0.15) is 0 Å². The van der Waals surface area contributed by atoms with Crippen LogP contribution in [0.15, 0.2) is 24.3 Å². The van der Waals surface area contributed by atoms with E-state index >= 15 is 0 Å². The monoisotopic (exact) mass is 381 g/mol. The van der Waals surface area contributed by atoms with E-state index in [9.17, 15) is 23.2 Å². The average molecular weight is 381 g/mol. The van der Waals surface area contributed by atoms with Gasteiger partial charge in [0.2, 0.25) is 0 Å². The first-order valence-corrected chi connectivity index (χ1v) is 8.58. The smallest absolute Gasteiger partial charge is 0.306 e. The maximum absolute atomic E-state index is 13.4. The molecule has 0 unspecified atom stereocenters. The zero-order valence-corrected chi connectivity index (χ0v) is 15.0. The first kappa shape index (κ1) is 19.7. The molecule has 138 valence electrons. The number of anilines is 1. The summed E-state index contributed by atoms with van der Waals surface area (Å²) in [6.45, 7) is 3.11. The number of carbonyl (C=O) groups excluding carboxylic acids is 3. The Labute approximate surface area is 153 Å². The van der Waals surface area contributed by atoms with Crippen molar-refractivity contribution in [3.8, 4) is 0 Å². The van der Waals surface area contributed by atoms with Gasteiger partial charge in [-0.15, -0.1) is 11.3 Å². The maximum Gasteiger partial charge on any atom is 0.306 e. The van der Waals surface area contributed by atoms with Crippen LogP contribution in [0.1, 0.15) is 33.0 Å². The molecule has 0 aliphatic rings. The van der Waals surface area contributed by atoms with Gasteiger partial charge >= 0.3 is 5.97 Å². The number of ether oxygens (including phenoxy) is 1. The summed E-state index contributed by atoms with van der Waals surface area (Å²) in [7, 11) is 0. The zero-order valence-electron chi connectivity index (χ0n) is 14.2. The van der Waals surface area contributed by atoms with E-state index in [1.54, 1.807) is 6.07 Å². The van der Waals surface area contributed by atoms with Gasteiger partial charge in [-0.05, 0) is 32.0 Å². The van der Waals surface area contributed by atoms with Crippen LogP contribution in [0.2, 0.25) is 0 Å². The first-order chi connectivity index (χ1) is 12.3. The summed E-state index contributed by atoms with van der Waals surface area (Å²) >= 11 is 1.50. The molecule has 1 amide bonds. The molecule has 1 aromatic carbocycles. The number of Topliss-reactive ketones (excluding diaryl/α,β-unsaturated/α-hetero) is 1. The highest BCUT2D eigenvalue weighted by molar-refractivity contribution is 7.12. The van der Waals surface area contributed by atoms with Crippen LogP contribution < -0.4 is 5.32 Å². The molecule has 0 radical (unpaired) electrons. The van der Waals surface area contributed by atoms with Gasteiger partial charge in [0.15, 0.2) is 12.4 Å². The van der Waals surface area contributed by atoms with Gasteiger partial charge in [-0.25, -0.2) is 8.78 Å². The Bertz CT molecular complexity index is 848. The SMILES string of the molecule is Cc1cc(C(=O)CCC(=O)OCC(=O)Nc2ccc(F)cc2F)c(C)s1. The van der Waals surface area contributed by atoms with Crippen molar-refractivity contribution in [2.24, 2.45) is 0 Å². The molecule has 0 atom stereocenters. The lowest BCUT2D eigenvalue weighted by Crippen LogP contribution is -2.21.